The van der Waals surface area contributed by atoms with Gasteiger partial charge in [-0.25, -0.2) is 4.39 Å². The molecule has 0 unspecified atom stereocenters. The van der Waals surface area contributed by atoms with Crippen molar-refractivity contribution in [2.45, 2.75) is 51.6 Å². The van der Waals surface area contributed by atoms with E-state index in [1.165, 1.54) is 25.3 Å². The highest BCUT2D eigenvalue weighted by Crippen LogP contribution is 2.60. The first-order valence-corrected chi connectivity index (χ1v) is 8.68. The van der Waals surface area contributed by atoms with Crippen molar-refractivity contribution in [2.24, 2.45) is 23.2 Å². The van der Waals surface area contributed by atoms with Crippen LogP contribution in [0.4, 0.5) is 4.39 Å². The molecule has 4 fully saturated rings. The van der Waals surface area contributed by atoms with Gasteiger partial charge in [0.15, 0.2) is 0 Å². The van der Waals surface area contributed by atoms with Crippen LogP contribution >= 0.6 is 0 Å². The van der Waals surface area contributed by atoms with Crippen molar-refractivity contribution in [3.8, 4) is 0 Å². The molecule has 1 aromatic rings. The number of nitrogens with zero attached hydrogens (tertiary/aromatic N) is 1. The van der Waals surface area contributed by atoms with Crippen LogP contribution in [0.2, 0.25) is 0 Å². The minimum atomic E-state index is -0.192. The van der Waals surface area contributed by atoms with E-state index in [1.807, 2.05) is 11.0 Å². The maximum Gasteiger partial charge on any atom is 0.229 e. The number of rotatable bonds is 1. The van der Waals surface area contributed by atoms with E-state index < -0.39 is 0 Å². The van der Waals surface area contributed by atoms with Gasteiger partial charge < -0.3 is 4.90 Å². The molecule has 5 aliphatic rings. The standard InChI is InChI=1S/C19H22FNO/c20-17-2-1-15-10-21(11-16(15)6-17)18(22)19-7-12-3-13(8-19)5-14(4-12)9-19/h1-2,6,12-14H,3-5,7-11H2. The Hall–Kier alpha value is -1.38. The van der Waals surface area contributed by atoms with Gasteiger partial charge in [-0.3, -0.25) is 4.79 Å². The van der Waals surface area contributed by atoms with Crippen LogP contribution < -0.4 is 0 Å². The molecule has 0 saturated heterocycles. The lowest BCUT2D eigenvalue weighted by Crippen LogP contribution is -2.53. The third kappa shape index (κ3) is 1.80. The Kier molecular flexibility index (Phi) is 2.58. The van der Waals surface area contributed by atoms with Gasteiger partial charge in [0.25, 0.3) is 0 Å². The fraction of sp³-hybridized carbons (Fsp3) is 0.632. The Balaban J connectivity index is 1.42. The van der Waals surface area contributed by atoms with Gasteiger partial charge in [0.2, 0.25) is 5.91 Å². The van der Waals surface area contributed by atoms with E-state index in [0.717, 1.165) is 48.1 Å². The molecule has 0 spiro atoms. The maximum atomic E-state index is 13.4. The van der Waals surface area contributed by atoms with Gasteiger partial charge in [0, 0.05) is 13.1 Å². The average Bonchev–Trinajstić information content (AvgIpc) is 2.87. The number of carbonyl (C=O) groups is 1. The lowest BCUT2D eigenvalue weighted by atomic mass is 9.49. The van der Waals surface area contributed by atoms with Gasteiger partial charge in [-0.2, -0.15) is 0 Å². The predicted octanol–water partition coefficient (Wildman–Crippen LogP) is 3.88. The van der Waals surface area contributed by atoms with Crippen molar-refractivity contribution in [1.29, 1.82) is 0 Å². The van der Waals surface area contributed by atoms with E-state index >= 15 is 0 Å². The Bertz CT molecular complexity index is 618. The molecule has 1 heterocycles. The Morgan fingerprint density at radius 3 is 2.23 bits per heavy atom. The summed E-state index contributed by atoms with van der Waals surface area (Å²) in [7, 11) is 0. The summed E-state index contributed by atoms with van der Waals surface area (Å²) >= 11 is 0. The molecule has 6 rings (SSSR count). The lowest BCUT2D eigenvalue weighted by Gasteiger charge is -2.56. The van der Waals surface area contributed by atoms with Crippen LogP contribution in [0.1, 0.15) is 49.7 Å². The van der Waals surface area contributed by atoms with E-state index in [2.05, 4.69) is 0 Å². The molecule has 4 aliphatic carbocycles. The van der Waals surface area contributed by atoms with E-state index in [-0.39, 0.29) is 11.2 Å². The highest BCUT2D eigenvalue weighted by Gasteiger charge is 2.55. The van der Waals surface area contributed by atoms with E-state index in [9.17, 15) is 9.18 Å². The summed E-state index contributed by atoms with van der Waals surface area (Å²) in [6.45, 7) is 1.28. The third-order valence-electron chi connectivity index (χ3n) is 6.67. The molecule has 0 radical (unpaired) electrons. The number of fused-ring (bicyclic) bond motifs is 1. The van der Waals surface area contributed by atoms with Crippen LogP contribution in [-0.4, -0.2) is 10.8 Å². The number of amides is 1. The molecule has 3 heteroatoms. The Labute approximate surface area is 130 Å². The molecule has 116 valence electrons. The van der Waals surface area contributed by atoms with E-state index in [1.54, 1.807) is 6.07 Å². The molecule has 2 nitrogen and oxygen atoms in total. The van der Waals surface area contributed by atoms with Gasteiger partial charge in [-0.1, -0.05) is 6.07 Å². The number of hydrogen-bond acceptors (Lipinski definition) is 1. The molecule has 0 aromatic heterocycles. The van der Waals surface area contributed by atoms with Crippen molar-refractivity contribution in [3.05, 3.63) is 35.1 Å². The van der Waals surface area contributed by atoms with Gasteiger partial charge >= 0.3 is 0 Å². The molecule has 22 heavy (non-hydrogen) atoms. The van der Waals surface area contributed by atoms with Gasteiger partial charge in [-0.05, 0) is 79.5 Å². The first-order chi connectivity index (χ1) is 10.6. The quantitative estimate of drug-likeness (QED) is 0.770. The maximum absolute atomic E-state index is 13.4. The normalized spacial score (nSPS) is 38.4. The minimum Gasteiger partial charge on any atom is -0.334 e. The predicted molar refractivity (Wildman–Crippen MR) is 81.3 cm³/mol. The third-order valence-corrected chi connectivity index (χ3v) is 6.67. The zero-order chi connectivity index (χ0) is 14.9. The van der Waals surface area contributed by atoms with E-state index in [0.29, 0.717) is 19.0 Å². The second kappa shape index (κ2) is 4.33. The number of carbonyl (C=O) groups excluding carboxylic acids is 1. The molecule has 0 N–H and O–H groups in total. The zero-order valence-corrected chi connectivity index (χ0v) is 12.9. The highest BCUT2D eigenvalue weighted by atomic mass is 19.1. The summed E-state index contributed by atoms with van der Waals surface area (Å²) in [5.41, 5.74) is 2.05. The molecule has 1 aromatic carbocycles. The van der Waals surface area contributed by atoms with Crippen LogP contribution in [0.5, 0.6) is 0 Å². The summed E-state index contributed by atoms with van der Waals surface area (Å²) in [4.78, 5) is 15.3. The van der Waals surface area contributed by atoms with Crippen LogP contribution in [-0.2, 0) is 17.9 Å². The first-order valence-electron chi connectivity index (χ1n) is 8.68. The fourth-order valence-electron chi connectivity index (χ4n) is 6.21. The second-order valence-corrected chi connectivity index (χ2v) is 8.27. The van der Waals surface area contributed by atoms with Gasteiger partial charge in [0.1, 0.15) is 5.82 Å². The SMILES string of the molecule is O=C(N1Cc2ccc(F)cc2C1)C12CC3CC(CC(C3)C1)C2. The fourth-order valence-corrected chi connectivity index (χ4v) is 6.21. The van der Waals surface area contributed by atoms with Crippen molar-refractivity contribution < 1.29 is 9.18 Å². The van der Waals surface area contributed by atoms with Crippen LogP contribution in [0.15, 0.2) is 18.2 Å². The molecule has 1 amide bonds. The first kappa shape index (κ1) is 13.1. The molecule has 4 saturated carbocycles. The molecule has 4 bridgehead atoms. The van der Waals surface area contributed by atoms with Crippen molar-refractivity contribution >= 4 is 5.91 Å². The second-order valence-electron chi connectivity index (χ2n) is 8.27. The molecule has 0 atom stereocenters. The van der Waals surface area contributed by atoms with Crippen LogP contribution in [0.25, 0.3) is 0 Å². The van der Waals surface area contributed by atoms with Crippen molar-refractivity contribution in [1.82, 2.24) is 4.90 Å². The monoisotopic (exact) mass is 299 g/mol. The number of halogens is 1. The van der Waals surface area contributed by atoms with Gasteiger partial charge in [-0.15, -0.1) is 0 Å². The van der Waals surface area contributed by atoms with Crippen molar-refractivity contribution in [2.75, 3.05) is 0 Å². The lowest BCUT2D eigenvalue weighted by molar-refractivity contribution is -0.158. The number of benzene rings is 1. The van der Waals surface area contributed by atoms with E-state index in [4.69, 9.17) is 0 Å². The molecule has 1 aliphatic heterocycles. The largest absolute Gasteiger partial charge is 0.334 e. The Morgan fingerprint density at radius 1 is 1.00 bits per heavy atom. The summed E-state index contributed by atoms with van der Waals surface area (Å²) < 4.78 is 13.4. The minimum absolute atomic E-state index is 0.0741. The Morgan fingerprint density at radius 2 is 1.59 bits per heavy atom. The molecular formula is C19H22FNO. The zero-order valence-electron chi connectivity index (χ0n) is 12.9. The van der Waals surface area contributed by atoms with Gasteiger partial charge in [0.05, 0.1) is 5.41 Å². The number of hydrogen-bond donors (Lipinski definition) is 0. The topological polar surface area (TPSA) is 20.3 Å². The van der Waals surface area contributed by atoms with Crippen molar-refractivity contribution in [3.63, 3.8) is 0 Å². The average molecular weight is 299 g/mol. The summed E-state index contributed by atoms with van der Waals surface area (Å²) in [5, 5.41) is 0. The smallest absolute Gasteiger partial charge is 0.229 e. The highest BCUT2D eigenvalue weighted by molar-refractivity contribution is 5.84. The summed E-state index contributed by atoms with van der Waals surface area (Å²) in [5.74, 6) is 2.54. The van der Waals surface area contributed by atoms with Crippen LogP contribution in [0.3, 0.4) is 0 Å². The summed E-state index contributed by atoms with van der Waals surface area (Å²) in [6.07, 6.45) is 7.41. The summed E-state index contributed by atoms with van der Waals surface area (Å²) in [6, 6.07) is 4.96. The molecular weight excluding hydrogens is 277 g/mol. The van der Waals surface area contributed by atoms with Crippen LogP contribution in [0, 0.1) is 29.0 Å².